The van der Waals surface area contributed by atoms with Gasteiger partial charge in [-0.25, -0.2) is 0 Å². The van der Waals surface area contributed by atoms with Crippen LogP contribution in [-0.2, 0) is 16.1 Å². The Morgan fingerprint density at radius 1 is 1.50 bits per heavy atom. The van der Waals surface area contributed by atoms with Crippen LogP contribution in [0, 0.1) is 0 Å². The summed E-state index contributed by atoms with van der Waals surface area (Å²) in [4.78, 5) is 13.4. The molecule has 1 fully saturated rings. The van der Waals surface area contributed by atoms with Gasteiger partial charge in [0.2, 0.25) is 5.91 Å². The first-order chi connectivity index (χ1) is 8.54. The van der Waals surface area contributed by atoms with E-state index in [0.29, 0.717) is 6.54 Å². The van der Waals surface area contributed by atoms with Crippen molar-refractivity contribution in [3.8, 4) is 0 Å². The zero-order chi connectivity index (χ0) is 13.1. The van der Waals surface area contributed by atoms with E-state index in [1.54, 1.807) is 0 Å². The lowest BCUT2D eigenvalue weighted by molar-refractivity contribution is -0.142. The molecule has 18 heavy (non-hydrogen) atoms. The van der Waals surface area contributed by atoms with E-state index in [1.807, 2.05) is 31.2 Å². The number of nitrogens with two attached hydrogens (primary N) is 2. The van der Waals surface area contributed by atoms with Gasteiger partial charge in [-0.2, -0.15) is 0 Å². The highest BCUT2D eigenvalue weighted by Gasteiger charge is 2.28. The number of primary amides is 1. The summed E-state index contributed by atoms with van der Waals surface area (Å²) in [5.74, 6) is -0.404. The summed E-state index contributed by atoms with van der Waals surface area (Å²) in [6.07, 6.45) is -0.507. The minimum atomic E-state index is -0.519. The summed E-state index contributed by atoms with van der Waals surface area (Å²) < 4.78 is 5.50. The standard InChI is InChI=1S/C13H19N3O2/c1-9-6-16(8-12(18-9)13(15)17)7-10-3-2-4-11(14)5-10/h2-5,9,12H,6-8,14H2,1H3,(H2,15,17)/t9-,12?/m1/s1. The van der Waals surface area contributed by atoms with Crippen LogP contribution in [0.3, 0.4) is 0 Å². The molecule has 1 aliphatic rings. The molecule has 0 radical (unpaired) electrons. The molecule has 0 bridgehead atoms. The summed E-state index contributed by atoms with van der Waals surface area (Å²) in [6, 6.07) is 7.76. The number of carbonyl (C=O) groups is 1. The fourth-order valence-corrected chi connectivity index (χ4v) is 2.27. The largest absolute Gasteiger partial charge is 0.399 e. The van der Waals surface area contributed by atoms with E-state index in [1.165, 1.54) is 0 Å². The number of nitrogen functional groups attached to an aromatic ring is 1. The third kappa shape index (κ3) is 3.21. The molecule has 2 rings (SSSR count). The number of hydrogen-bond donors (Lipinski definition) is 2. The van der Waals surface area contributed by atoms with E-state index in [4.69, 9.17) is 16.2 Å². The van der Waals surface area contributed by atoms with Crippen molar-refractivity contribution in [3.63, 3.8) is 0 Å². The molecule has 98 valence electrons. The molecule has 1 saturated heterocycles. The Kier molecular flexibility index (Phi) is 3.84. The number of amides is 1. The predicted molar refractivity (Wildman–Crippen MR) is 69.7 cm³/mol. The Morgan fingerprint density at radius 2 is 2.28 bits per heavy atom. The van der Waals surface area contributed by atoms with Crippen molar-refractivity contribution in [1.82, 2.24) is 4.90 Å². The number of benzene rings is 1. The molecule has 5 nitrogen and oxygen atoms in total. The molecule has 1 aliphatic heterocycles. The van der Waals surface area contributed by atoms with Crippen LogP contribution in [0.25, 0.3) is 0 Å². The zero-order valence-corrected chi connectivity index (χ0v) is 10.5. The Morgan fingerprint density at radius 3 is 2.94 bits per heavy atom. The number of anilines is 1. The highest BCUT2D eigenvalue weighted by atomic mass is 16.5. The van der Waals surface area contributed by atoms with E-state index in [0.717, 1.165) is 24.3 Å². The molecule has 1 unspecified atom stereocenters. The van der Waals surface area contributed by atoms with E-state index in [9.17, 15) is 4.79 Å². The molecule has 0 saturated carbocycles. The molecule has 1 heterocycles. The molecule has 0 aromatic heterocycles. The Labute approximate surface area is 107 Å². The quantitative estimate of drug-likeness (QED) is 0.757. The van der Waals surface area contributed by atoms with Crippen molar-refractivity contribution in [2.75, 3.05) is 18.8 Å². The average Bonchev–Trinajstić information content (AvgIpc) is 2.28. The molecule has 2 atom stereocenters. The Balaban J connectivity index is 2.02. The fraction of sp³-hybridized carbons (Fsp3) is 0.462. The lowest BCUT2D eigenvalue weighted by atomic mass is 10.1. The minimum Gasteiger partial charge on any atom is -0.399 e. The maximum absolute atomic E-state index is 11.2. The molecule has 4 N–H and O–H groups in total. The van der Waals surface area contributed by atoms with Gasteiger partial charge in [0.15, 0.2) is 0 Å². The average molecular weight is 249 g/mol. The summed E-state index contributed by atoms with van der Waals surface area (Å²) >= 11 is 0. The molecular formula is C13H19N3O2. The van der Waals surface area contributed by atoms with Crippen LogP contribution in [-0.4, -0.2) is 36.1 Å². The van der Waals surface area contributed by atoms with Gasteiger partial charge >= 0.3 is 0 Å². The van der Waals surface area contributed by atoms with Crippen molar-refractivity contribution in [1.29, 1.82) is 0 Å². The normalized spacial score (nSPS) is 24.9. The molecule has 0 spiro atoms. The van der Waals surface area contributed by atoms with Crippen molar-refractivity contribution in [2.24, 2.45) is 5.73 Å². The second kappa shape index (κ2) is 5.37. The number of ether oxygens (including phenoxy) is 1. The third-order valence-electron chi connectivity index (χ3n) is 3.01. The van der Waals surface area contributed by atoms with Crippen LogP contribution in [0.1, 0.15) is 12.5 Å². The van der Waals surface area contributed by atoms with Gasteiger partial charge in [0.05, 0.1) is 6.10 Å². The van der Waals surface area contributed by atoms with Crippen molar-refractivity contribution < 1.29 is 9.53 Å². The minimum absolute atomic E-state index is 0.0114. The smallest absolute Gasteiger partial charge is 0.247 e. The Hall–Kier alpha value is -1.59. The number of carbonyl (C=O) groups excluding carboxylic acids is 1. The monoisotopic (exact) mass is 249 g/mol. The fourth-order valence-electron chi connectivity index (χ4n) is 2.27. The van der Waals surface area contributed by atoms with Crippen LogP contribution in [0.4, 0.5) is 5.69 Å². The van der Waals surface area contributed by atoms with Gasteiger partial charge in [-0.05, 0) is 24.6 Å². The number of nitrogens with zero attached hydrogens (tertiary/aromatic N) is 1. The predicted octanol–water partition coefficient (Wildman–Crippen LogP) is 0.343. The first-order valence-corrected chi connectivity index (χ1v) is 6.06. The summed E-state index contributed by atoms with van der Waals surface area (Å²) in [5, 5.41) is 0. The van der Waals surface area contributed by atoms with Gasteiger partial charge < -0.3 is 16.2 Å². The first-order valence-electron chi connectivity index (χ1n) is 6.06. The SMILES string of the molecule is C[C@@H]1CN(Cc2cccc(N)c2)CC(C(N)=O)O1. The molecular weight excluding hydrogens is 230 g/mol. The van der Waals surface area contributed by atoms with Crippen molar-refractivity contribution in [3.05, 3.63) is 29.8 Å². The van der Waals surface area contributed by atoms with Gasteiger partial charge in [0, 0.05) is 25.3 Å². The maximum Gasteiger partial charge on any atom is 0.247 e. The molecule has 0 aliphatic carbocycles. The number of rotatable bonds is 3. The van der Waals surface area contributed by atoms with E-state index in [2.05, 4.69) is 4.90 Å². The Bertz CT molecular complexity index is 436. The lowest BCUT2D eigenvalue weighted by Gasteiger charge is -2.35. The van der Waals surface area contributed by atoms with Crippen LogP contribution < -0.4 is 11.5 Å². The maximum atomic E-state index is 11.2. The molecule has 1 amide bonds. The zero-order valence-electron chi connectivity index (χ0n) is 10.5. The van der Waals surface area contributed by atoms with Crippen LogP contribution >= 0.6 is 0 Å². The van der Waals surface area contributed by atoms with Gasteiger partial charge in [-0.3, -0.25) is 9.69 Å². The summed E-state index contributed by atoms with van der Waals surface area (Å²) in [6.45, 7) is 4.02. The van der Waals surface area contributed by atoms with Crippen LogP contribution in [0.2, 0.25) is 0 Å². The molecule has 1 aromatic carbocycles. The topological polar surface area (TPSA) is 81.6 Å². The second-order valence-corrected chi connectivity index (χ2v) is 4.78. The summed E-state index contributed by atoms with van der Waals surface area (Å²) in [5.41, 5.74) is 12.9. The van der Waals surface area contributed by atoms with E-state index < -0.39 is 12.0 Å². The molecule has 5 heteroatoms. The second-order valence-electron chi connectivity index (χ2n) is 4.78. The van der Waals surface area contributed by atoms with Gasteiger partial charge in [-0.15, -0.1) is 0 Å². The van der Waals surface area contributed by atoms with Crippen LogP contribution in [0.15, 0.2) is 24.3 Å². The van der Waals surface area contributed by atoms with Crippen molar-refractivity contribution >= 4 is 11.6 Å². The molecule has 1 aromatic rings. The van der Waals surface area contributed by atoms with E-state index in [-0.39, 0.29) is 6.10 Å². The number of hydrogen-bond acceptors (Lipinski definition) is 4. The van der Waals surface area contributed by atoms with E-state index >= 15 is 0 Å². The summed E-state index contributed by atoms with van der Waals surface area (Å²) in [7, 11) is 0. The van der Waals surface area contributed by atoms with Gasteiger partial charge in [0.1, 0.15) is 6.10 Å². The van der Waals surface area contributed by atoms with Gasteiger partial charge in [0.25, 0.3) is 0 Å². The third-order valence-corrected chi connectivity index (χ3v) is 3.01. The highest BCUT2D eigenvalue weighted by molar-refractivity contribution is 5.79. The highest BCUT2D eigenvalue weighted by Crippen LogP contribution is 2.15. The van der Waals surface area contributed by atoms with Crippen molar-refractivity contribution in [2.45, 2.75) is 25.7 Å². The van der Waals surface area contributed by atoms with Crippen LogP contribution in [0.5, 0.6) is 0 Å². The first kappa shape index (κ1) is 12.9. The van der Waals surface area contributed by atoms with Gasteiger partial charge in [-0.1, -0.05) is 12.1 Å². The number of morpholine rings is 1. The lowest BCUT2D eigenvalue weighted by Crippen LogP contribution is -2.51.